The van der Waals surface area contributed by atoms with Crippen LogP contribution < -0.4 is 92.1 Å². The number of amides is 14. The summed E-state index contributed by atoms with van der Waals surface area (Å²) in [6, 6.07) is -13.9. The highest BCUT2D eigenvalue weighted by Gasteiger charge is 2.38. The van der Waals surface area contributed by atoms with E-state index in [1.165, 1.54) is 0 Å². The smallest absolute Gasteiger partial charge is 0.326 e. The number of carboxylic acids is 3. The van der Waals surface area contributed by atoms with Crippen molar-refractivity contribution in [1.29, 1.82) is 5.41 Å². The van der Waals surface area contributed by atoms with Gasteiger partial charge in [0.1, 0.15) is 72.5 Å². The van der Waals surface area contributed by atoms with Gasteiger partial charge < -0.3 is 123 Å². The minimum atomic E-state index is -1.91. The van der Waals surface area contributed by atoms with Crippen molar-refractivity contribution in [3.8, 4) is 0 Å². The van der Waals surface area contributed by atoms with Crippen molar-refractivity contribution in [3.05, 3.63) is 35.9 Å². The van der Waals surface area contributed by atoms with E-state index in [2.05, 4.69) is 63.8 Å². The molecule has 104 heavy (non-hydrogen) atoms. The van der Waals surface area contributed by atoms with E-state index < -0.39 is 262 Å². The predicted octanol–water partition coefficient (Wildman–Crippen LogP) is -8.66. The molecule has 0 unspecified atom stereocenters. The van der Waals surface area contributed by atoms with Crippen molar-refractivity contribution < 1.29 is 112 Å². The number of nitrogens with one attached hydrogen (secondary N) is 14. The lowest BCUT2D eigenvalue weighted by atomic mass is 10.0. The number of hydrogen-bond donors (Lipinski definition) is 24. The Hall–Kier alpha value is -10.7. The van der Waals surface area contributed by atoms with E-state index in [1.54, 1.807) is 71.9 Å². The maximum atomic E-state index is 14.5. The quantitative estimate of drug-likeness (QED) is 0.0164. The zero-order valence-electron chi connectivity index (χ0n) is 58.9. The van der Waals surface area contributed by atoms with Crippen molar-refractivity contribution in [2.24, 2.45) is 40.7 Å². The van der Waals surface area contributed by atoms with Crippen LogP contribution in [0.4, 0.5) is 0 Å². The van der Waals surface area contributed by atoms with Crippen molar-refractivity contribution >= 4 is 107 Å². The lowest BCUT2D eigenvalue weighted by Gasteiger charge is -2.28. The number of aliphatic hydroxyl groups is 3. The molecule has 0 aliphatic heterocycles. The van der Waals surface area contributed by atoms with E-state index in [0.717, 1.165) is 6.92 Å². The standard InChI is InChI=1S/C63H102N18O23/c1-29(2)22-38(75-54(95)36(16-19-46(65)86)73-52(93)37(17-20-47(87)88)74-58(99)42(26-82)80-60(101)44(28-84)81-61(102)49(66)31(5)6)55(96)70-32(7)50(91)71-35(15-18-45(64)85)53(94)77-40(24-33-12-9-8-10-13-33)57(98)72-34(14-11-21-69-63(67)68)51(92)79-43(27-83)59(100)76-39(23-30(3)4)56(97)78-41(62(103)104)25-48(89)90/h8-10,12-13,29-32,34-44,49,82-84H,11,14-28,66H2,1-7H3,(H2,64,85)(H2,65,86)(H,70,96)(H,71,91)(H,72,98)(H,73,93)(H,74,99)(H,75,95)(H,76,100)(H,77,94)(H,78,97)(H,79,92)(H,80,101)(H,81,102)(H,87,88)(H,89,90)(H,103,104)(H4,67,68,69)/t32-,34-,35-,36-,37-,38-,39-,40-,41-,42-,43-,44-,49-/m0/s1. The summed E-state index contributed by atoms with van der Waals surface area (Å²) in [5.74, 6) is -21.8. The lowest BCUT2D eigenvalue weighted by molar-refractivity contribution is -0.147. The van der Waals surface area contributed by atoms with Gasteiger partial charge in [-0.15, -0.1) is 0 Å². The number of carbonyl (C=O) groups is 17. The Bertz CT molecular complexity index is 3160. The number of guanidine groups is 1. The Morgan fingerprint density at radius 3 is 1.09 bits per heavy atom. The second-order valence-electron chi connectivity index (χ2n) is 25.5. The van der Waals surface area contributed by atoms with Crippen LogP contribution in [0, 0.1) is 23.2 Å². The third-order valence-electron chi connectivity index (χ3n) is 15.3. The van der Waals surface area contributed by atoms with Gasteiger partial charge in [0.25, 0.3) is 0 Å². The van der Waals surface area contributed by atoms with Gasteiger partial charge in [0.05, 0.1) is 32.3 Å². The van der Waals surface area contributed by atoms with Crippen molar-refractivity contribution in [2.45, 2.75) is 204 Å². The first-order valence-corrected chi connectivity index (χ1v) is 33.2. The van der Waals surface area contributed by atoms with Crippen LogP contribution in [0.3, 0.4) is 0 Å². The topological polar surface area (TPSA) is 696 Å². The second-order valence-corrected chi connectivity index (χ2v) is 25.5. The zero-order chi connectivity index (χ0) is 79.2. The normalized spacial score (nSPS) is 14.8. The SMILES string of the molecule is CC(C)C[C@H](NC(=O)[C@H](CCC(N)=O)NC(=O)[C@H](CCC(=O)O)NC(=O)[C@H](CO)NC(=O)[C@H](CO)NC(=O)[C@@H](N)C(C)C)C(=O)N[C@@H](C)C(=O)N[C@@H](CCC(N)=O)C(=O)N[C@@H](Cc1ccccc1)C(=O)N[C@@H](CCCNC(=N)N)C(=O)N[C@@H](CO)C(=O)N[C@@H](CC(C)C)C(=O)N[C@@H](CC(=O)O)C(=O)O. The number of hydrogen-bond acceptors (Lipinski definition) is 22. The van der Waals surface area contributed by atoms with Gasteiger partial charge in [-0.2, -0.15) is 0 Å². The molecule has 14 amide bonds. The van der Waals surface area contributed by atoms with E-state index in [9.17, 15) is 112 Å². The second kappa shape index (κ2) is 46.8. The molecule has 41 heteroatoms. The molecule has 13 atom stereocenters. The first-order valence-electron chi connectivity index (χ1n) is 33.2. The molecule has 1 rings (SSSR count). The van der Waals surface area contributed by atoms with Crippen LogP contribution in [-0.4, -0.2) is 242 Å². The van der Waals surface area contributed by atoms with Crippen LogP contribution in [0.5, 0.6) is 0 Å². The monoisotopic (exact) mass is 1480 g/mol. The van der Waals surface area contributed by atoms with Gasteiger partial charge in [-0.1, -0.05) is 71.9 Å². The van der Waals surface area contributed by atoms with Crippen LogP contribution in [0.25, 0.3) is 0 Å². The van der Waals surface area contributed by atoms with Crippen molar-refractivity contribution in [1.82, 2.24) is 69.1 Å². The van der Waals surface area contributed by atoms with Gasteiger partial charge in [-0.3, -0.25) is 82.1 Å². The number of primary amides is 2. The van der Waals surface area contributed by atoms with Crippen molar-refractivity contribution in [3.63, 3.8) is 0 Å². The molecule has 0 aliphatic carbocycles. The Balaban J connectivity index is 3.65. The van der Waals surface area contributed by atoms with Gasteiger partial charge in [-0.05, 0) is 75.2 Å². The summed E-state index contributed by atoms with van der Waals surface area (Å²) >= 11 is 0. The zero-order valence-corrected chi connectivity index (χ0v) is 58.9. The predicted molar refractivity (Wildman–Crippen MR) is 365 cm³/mol. The molecule has 0 heterocycles. The Morgan fingerprint density at radius 2 is 0.721 bits per heavy atom. The van der Waals surface area contributed by atoms with Crippen LogP contribution in [0.15, 0.2) is 30.3 Å². The van der Waals surface area contributed by atoms with Crippen LogP contribution in [0.1, 0.15) is 125 Å². The number of carbonyl (C=O) groups excluding carboxylic acids is 14. The van der Waals surface area contributed by atoms with Gasteiger partial charge in [0.2, 0.25) is 82.7 Å². The molecule has 0 aliphatic rings. The molecule has 0 fully saturated rings. The number of carboxylic acid groups (broad SMARTS) is 3. The fraction of sp³-hybridized carbons (Fsp3) is 0.619. The minimum Gasteiger partial charge on any atom is -0.481 e. The van der Waals surface area contributed by atoms with Crippen LogP contribution in [0.2, 0.25) is 0 Å². The van der Waals surface area contributed by atoms with E-state index >= 15 is 0 Å². The maximum Gasteiger partial charge on any atom is 0.326 e. The average Bonchev–Trinajstić information content (AvgIpc) is 0.865. The number of nitrogens with two attached hydrogens (primary N) is 4. The fourth-order valence-corrected chi connectivity index (χ4v) is 9.57. The van der Waals surface area contributed by atoms with E-state index in [1.807, 2.05) is 5.32 Å². The molecule has 0 saturated heterocycles. The molecule has 0 aromatic heterocycles. The molecule has 41 nitrogen and oxygen atoms in total. The summed E-state index contributed by atoms with van der Waals surface area (Å²) in [4.78, 5) is 225. The summed E-state index contributed by atoms with van der Waals surface area (Å²) in [6.07, 6.45) is -5.72. The first-order chi connectivity index (χ1) is 48.6. The molecule has 0 saturated carbocycles. The summed E-state index contributed by atoms with van der Waals surface area (Å²) in [5, 5.41) is 96.3. The number of aliphatic carboxylic acids is 3. The fourth-order valence-electron chi connectivity index (χ4n) is 9.57. The Morgan fingerprint density at radius 1 is 0.394 bits per heavy atom. The summed E-state index contributed by atoms with van der Waals surface area (Å²) in [7, 11) is 0. The molecule has 0 bridgehead atoms. The molecule has 0 spiro atoms. The first kappa shape index (κ1) is 91.3. The van der Waals surface area contributed by atoms with Gasteiger partial charge in [0, 0.05) is 32.2 Å². The molecule has 0 radical (unpaired) electrons. The molecular weight excluding hydrogens is 1380 g/mol. The highest BCUT2D eigenvalue weighted by molar-refractivity contribution is 6.00. The minimum absolute atomic E-state index is 0.0202. The third-order valence-corrected chi connectivity index (χ3v) is 15.3. The maximum absolute atomic E-state index is 14.5. The third kappa shape index (κ3) is 35.3. The summed E-state index contributed by atoms with van der Waals surface area (Å²) < 4.78 is 0. The molecule has 1 aromatic carbocycles. The van der Waals surface area contributed by atoms with E-state index in [0.29, 0.717) is 5.56 Å². The average molecular weight is 1480 g/mol. The van der Waals surface area contributed by atoms with Crippen molar-refractivity contribution in [2.75, 3.05) is 26.4 Å². The molecule has 1 aromatic rings. The van der Waals surface area contributed by atoms with Gasteiger partial charge >= 0.3 is 17.9 Å². The van der Waals surface area contributed by atoms with E-state index in [4.69, 9.17) is 28.3 Å². The summed E-state index contributed by atoms with van der Waals surface area (Å²) in [6.45, 7) is 7.58. The number of rotatable bonds is 50. The van der Waals surface area contributed by atoms with Crippen LogP contribution in [-0.2, 0) is 87.9 Å². The molecule has 28 N–H and O–H groups in total. The highest BCUT2D eigenvalue weighted by Crippen LogP contribution is 2.13. The molecule has 582 valence electrons. The summed E-state index contributed by atoms with van der Waals surface area (Å²) in [5.41, 5.74) is 22.5. The van der Waals surface area contributed by atoms with Gasteiger partial charge in [-0.25, -0.2) is 4.79 Å². The molecular formula is C63H102N18O23. The largest absolute Gasteiger partial charge is 0.481 e. The Kier molecular flexibility index (Phi) is 41.1. The highest BCUT2D eigenvalue weighted by atomic mass is 16.4. The lowest BCUT2D eigenvalue weighted by Crippen LogP contribution is -2.61. The Labute approximate surface area is 598 Å². The number of aliphatic hydroxyl groups excluding tert-OH is 3. The van der Waals surface area contributed by atoms with Crippen LogP contribution >= 0.6 is 0 Å². The van der Waals surface area contributed by atoms with E-state index in [-0.39, 0.29) is 44.6 Å². The van der Waals surface area contributed by atoms with Gasteiger partial charge in [0.15, 0.2) is 5.96 Å². The number of benzene rings is 1.